The maximum absolute atomic E-state index is 12.3. The highest BCUT2D eigenvalue weighted by molar-refractivity contribution is 5.68. The van der Waals surface area contributed by atoms with Gasteiger partial charge < -0.3 is 24.7 Å². The average molecular weight is 410 g/mol. The average Bonchev–Trinajstić information content (AvgIpc) is 2.87. The quantitative estimate of drug-likeness (QED) is 0.215. The van der Waals surface area contributed by atoms with Gasteiger partial charge in [0.05, 0.1) is 0 Å². The zero-order valence-electron chi connectivity index (χ0n) is 15.7. The molecule has 0 aliphatic carbocycles. The van der Waals surface area contributed by atoms with E-state index in [0.717, 1.165) is 25.3 Å². The van der Waals surface area contributed by atoms with Crippen molar-refractivity contribution in [2.24, 2.45) is 5.11 Å². The summed E-state index contributed by atoms with van der Waals surface area (Å²) in [6.07, 6.45) is -3.23. The van der Waals surface area contributed by atoms with Crippen LogP contribution in [0.2, 0.25) is 0 Å². The standard InChI is InChI=1S/C15H18N6O8/c1-7(22)26-6-15(19-20-17)12(28-9(3)24)11(27-8(2)23)13(29-15)21-5-4-10(16)18-14(21)25/h4-5,11-13H,6H2,1-3H3,(H2,16,18,25)/t11-,12+,13?,15-/m1/s1. The molecular weight excluding hydrogens is 392 g/mol. The van der Waals surface area contributed by atoms with Crippen LogP contribution in [0.5, 0.6) is 0 Å². The van der Waals surface area contributed by atoms with Crippen molar-refractivity contribution in [3.63, 3.8) is 0 Å². The Hall–Kier alpha value is -3.64. The Balaban J connectivity index is 2.64. The number of azide groups is 1. The summed E-state index contributed by atoms with van der Waals surface area (Å²) in [5.41, 5.74) is 11.5. The summed E-state index contributed by atoms with van der Waals surface area (Å²) >= 11 is 0. The van der Waals surface area contributed by atoms with Crippen LogP contribution in [0.3, 0.4) is 0 Å². The molecule has 0 amide bonds. The number of hydrogen-bond acceptors (Lipinski definition) is 11. The summed E-state index contributed by atoms with van der Waals surface area (Å²) in [5, 5.41) is 3.49. The minimum atomic E-state index is -2.13. The van der Waals surface area contributed by atoms with E-state index < -0.39 is 54.4 Å². The number of aromatic nitrogens is 2. The number of hydrogen-bond donors (Lipinski definition) is 1. The van der Waals surface area contributed by atoms with Crippen molar-refractivity contribution in [3.8, 4) is 0 Å². The number of carbonyl (C=O) groups is 3. The number of nitrogens with zero attached hydrogens (tertiary/aromatic N) is 5. The second-order valence-electron chi connectivity index (χ2n) is 5.97. The highest BCUT2D eigenvalue weighted by Gasteiger charge is 2.61. The van der Waals surface area contributed by atoms with Gasteiger partial charge in [0.15, 0.2) is 18.4 Å². The lowest BCUT2D eigenvalue weighted by molar-refractivity contribution is -0.176. The molecule has 1 fully saturated rings. The van der Waals surface area contributed by atoms with E-state index in [1.807, 2.05) is 0 Å². The lowest BCUT2D eigenvalue weighted by Gasteiger charge is -2.29. The van der Waals surface area contributed by atoms with Crippen molar-refractivity contribution >= 4 is 23.7 Å². The highest BCUT2D eigenvalue weighted by atomic mass is 16.7. The van der Waals surface area contributed by atoms with Gasteiger partial charge in [-0.15, -0.1) is 0 Å². The topological polar surface area (TPSA) is 198 Å². The Morgan fingerprint density at radius 2 is 1.97 bits per heavy atom. The predicted molar refractivity (Wildman–Crippen MR) is 92.6 cm³/mol. The molecule has 0 radical (unpaired) electrons. The highest BCUT2D eigenvalue weighted by Crippen LogP contribution is 2.42. The molecule has 2 N–H and O–H groups in total. The molecule has 1 aliphatic heterocycles. The largest absolute Gasteiger partial charge is 0.462 e. The maximum atomic E-state index is 12.3. The third-order valence-electron chi connectivity index (χ3n) is 3.77. The Labute approximate surface area is 163 Å². The van der Waals surface area contributed by atoms with Gasteiger partial charge in [0.1, 0.15) is 12.4 Å². The second kappa shape index (κ2) is 8.58. The summed E-state index contributed by atoms with van der Waals surface area (Å²) < 4.78 is 21.9. The van der Waals surface area contributed by atoms with E-state index in [2.05, 4.69) is 15.0 Å². The van der Waals surface area contributed by atoms with Crippen LogP contribution in [0.15, 0.2) is 22.2 Å². The molecule has 4 atom stereocenters. The summed E-state index contributed by atoms with van der Waals surface area (Å²) in [4.78, 5) is 53.1. The third-order valence-corrected chi connectivity index (χ3v) is 3.77. The smallest absolute Gasteiger partial charge is 0.351 e. The fourth-order valence-corrected chi connectivity index (χ4v) is 2.74. The molecule has 0 spiro atoms. The van der Waals surface area contributed by atoms with Crippen molar-refractivity contribution < 1.29 is 33.3 Å². The van der Waals surface area contributed by atoms with Gasteiger partial charge in [-0.25, -0.2) is 4.79 Å². The van der Waals surface area contributed by atoms with Crippen molar-refractivity contribution in [2.75, 3.05) is 12.3 Å². The monoisotopic (exact) mass is 410 g/mol. The number of carbonyl (C=O) groups excluding carboxylic acids is 3. The SMILES string of the molecule is CC(=O)OC[C@@]1(N=[N+]=[N-])OC(n2ccc(N)nc2=O)[C@H](OC(C)=O)[C@@H]1OC(C)=O. The number of rotatable bonds is 6. The van der Waals surface area contributed by atoms with Crippen LogP contribution in [0.4, 0.5) is 5.82 Å². The molecule has 1 aromatic rings. The number of nitrogen functional groups attached to an aromatic ring is 1. The van der Waals surface area contributed by atoms with E-state index in [1.54, 1.807) is 0 Å². The van der Waals surface area contributed by atoms with Crippen LogP contribution in [-0.4, -0.2) is 52.0 Å². The van der Waals surface area contributed by atoms with Gasteiger partial charge in [0, 0.05) is 31.9 Å². The molecule has 14 heteroatoms. The minimum absolute atomic E-state index is 0.0777. The Kier molecular flexibility index (Phi) is 6.41. The molecule has 1 aliphatic rings. The van der Waals surface area contributed by atoms with Crippen LogP contribution in [0, 0.1) is 0 Å². The van der Waals surface area contributed by atoms with E-state index in [1.165, 1.54) is 12.3 Å². The minimum Gasteiger partial charge on any atom is -0.462 e. The first kappa shape index (κ1) is 21.7. The zero-order valence-corrected chi connectivity index (χ0v) is 15.7. The zero-order chi connectivity index (χ0) is 21.8. The van der Waals surface area contributed by atoms with Crippen LogP contribution < -0.4 is 11.4 Å². The van der Waals surface area contributed by atoms with E-state index in [0.29, 0.717) is 0 Å². The van der Waals surface area contributed by atoms with Crippen LogP contribution in [0.1, 0.15) is 27.0 Å². The molecular formula is C15H18N6O8. The fraction of sp³-hybridized carbons (Fsp3) is 0.533. The first-order valence-corrected chi connectivity index (χ1v) is 8.16. The van der Waals surface area contributed by atoms with Gasteiger partial charge in [-0.1, -0.05) is 5.11 Å². The molecule has 2 rings (SSSR count). The summed E-state index contributed by atoms with van der Waals surface area (Å²) in [6.45, 7) is 2.54. The lowest BCUT2D eigenvalue weighted by atomic mass is 10.0. The summed E-state index contributed by atoms with van der Waals surface area (Å²) in [5.74, 6) is -2.46. The first-order valence-electron chi connectivity index (χ1n) is 8.16. The number of ether oxygens (including phenoxy) is 4. The van der Waals surface area contributed by atoms with E-state index >= 15 is 0 Å². The number of nitrogens with two attached hydrogens (primary N) is 1. The van der Waals surface area contributed by atoms with E-state index in [4.69, 9.17) is 30.2 Å². The van der Waals surface area contributed by atoms with Crippen molar-refractivity contribution in [2.45, 2.75) is 44.9 Å². The number of esters is 3. The van der Waals surface area contributed by atoms with E-state index in [-0.39, 0.29) is 5.82 Å². The molecule has 0 saturated carbocycles. The molecule has 156 valence electrons. The molecule has 0 bridgehead atoms. The lowest BCUT2D eigenvalue weighted by Crippen LogP contribution is -2.49. The molecule has 0 aromatic carbocycles. The second-order valence-corrected chi connectivity index (χ2v) is 5.97. The van der Waals surface area contributed by atoms with Gasteiger partial charge in [-0.05, 0) is 11.6 Å². The van der Waals surface area contributed by atoms with Gasteiger partial charge >= 0.3 is 23.6 Å². The Bertz CT molecular complexity index is 926. The Morgan fingerprint density at radius 3 is 2.48 bits per heavy atom. The van der Waals surface area contributed by atoms with Crippen LogP contribution in [0.25, 0.3) is 10.4 Å². The summed E-state index contributed by atoms with van der Waals surface area (Å²) in [7, 11) is 0. The Morgan fingerprint density at radius 1 is 1.31 bits per heavy atom. The van der Waals surface area contributed by atoms with E-state index in [9.17, 15) is 19.2 Å². The molecule has 14 nitrogen and oxygen atoms in total. The van der Waals surface area contributed by atoms with Gasteiger partial charge in [-0.3, -0.25) is 19.0 Å². The number of anilines is 1. The first-order chi connectivity index (χ1) is 13.6. The van der Waals surface area contributed by atoms with Crippen LogP contribution >= 0.6 is 0 Å². The molecule has 1 unspecified atom stereocenters. The van der Waals surface area contributed by atoms with Gasteiger partial charge in [0.2, 0.25) is 5.72 Å². The van der Waals surface area contributed by atoms with Crippen molar-refractivity contribution in [1.29, 1.82) is 0 Å². The van der Waals surface area contributed by atoms with Gasteiger partial charge in [0.25, 0.3) is 0 Å². The normalized spacial score (nSPS) is 25.6. The fourth-order valence-electron chi connectivity index (χ4n) is 2.74. The predicted octanol–water partition coefficient (Wildman–Crippen LogP) is -0.213. The molecule has 1 saturated heterocycles. The van der Waals surface area contributed by atoms with Gasteiger partial charge in [-0.2, -0.15) is 4.98 Å². The van der Waals surface area contributed by atoms with Crippen LogP contribution in [-0.2, 0) is 33.3 Å². The van der Waals surface area contributed by atoms with Crippen molar-refractivity contribution in [1.82, 2.24) is 9.55 Å². The maximum Gasteiger partial charge on any atom is 0.351 e. The third kappa shape index (κ3) is 4.80. The van der Waals surface area contributed by atoms with Crippen molar-refractivity contribution in [3.05, 3.63) is 33.2 Å². The molecule has 29 heavy (non-hydrogen) atoms. The molecule has 1 aromatic heterocycles. The molecule has 2 heterocycles. The summed E-state index contributed by atoms with van der Waals surface area (Å²) in [6, 6.07) is 1.27.